The highest BCUT2D eigenvalue weighted by Crippen LogP contribution is 2.46. The second-order valence-electron chi connectivity index (χ2n) is 8.97. The predicted molar refractivity (Wildman–Crippen MR) is 121 cm³/mol. The average Bonchev–Trinajstić information content (AvgIpc) is 3.49. The molecule has 9 heteroatoms. The number of anilines is 1. The van der Waals surface area contributed by atoms with Gasteiger partial charge in [0.25, 0.3) is 5.91 Å². The van der Waals surface area contributed by atoms with E-state index >= 15 is 0 Å². The quantitative estimate of drug-likeness (QED) is 0.502. The van der Waals surface area contributed by atoms with Crippen LogP contribution in [0.1, 0.15) is 60.0 Å². The van der Waals surface area contributed by atoms with E-state index in [1.807, 2.05) is 36.4 Å². The Morgan fingerprint density at radius 2 is 1.91 bits per heavy atom. The van der Waals surface area contributed by atoms with E-state index in [2.05, 4.69) is 46.1 Å². The van der Waals surface area contributed by atoms with E-state index < -0.39 is 6.04 Å². The molecule has 4 aromatic rings. The molecule has 1 N–H and O–H groups in total. The van der Waals surface area contributed by atoms with E-state index in [1.165, 1.54) is 0 Å². The minimum absolute atomic E-state index is 0.160. The fraction of sp³-hybridized carbons (Fsp3) is 0.292. The molecule has 168 valence electrons. The topological polar surface area (TPSA) is 110 Å². The Hall–Kier alpha value is -4.01. The van der Waals surface area contributed by atoms with Crippen LogP contribution in [0.5, 0.6) is 5.88 Å². The number of nitrogens with zero attached hydrogens (tertiary/aromatic N) is 5. The lowest BCUT2D eigenvalue weighted by atomic mass is 9.85. The molecular formula is C24H24N6O3. The second kappa shape index (κ2) is 7.54. The molecule has 0 radical (unpaired) electrons. The Morgan fingerprint density at radius 1 is 1.15 bits per heavy atom. The van der Waals surface area contributed by atoms with Crippen molar-refractivity contribution in [2.75, 3.05) is 12.0 Å². The maximum atomic E-state index is 13.6. The van der Waals surface area contributed by atoms with Gasteiger partial charge in [-0.15, -0.1) is 0 Å². The van der Waals surface area contributed by atoms with E-state index in [9.17, 15) is 4.79 Å². The SMILES string of the molecule is COc1ncccc1C1c2c(C(C)(C)C)n[nH]c2C(=O)N1c1ccc(-c2noc(C)n2)cc1. The van der Waals surface area contributed by atoms with Gasteiger partial charge >= 0.3 is 0 Å². The highest BCUT2D eigenvalue weighted by atomic mass is 16.5. The zero-order valence-electron chi connectivity index (χ0n) is 19.1. The zero-order chi connectivity index (χ0) is 23.3. The van der Waals surface area contributed by atoms with Gasteiger partial charge in [0.2, 0.25) is 17.6 Å². The third-order valence-corrected chi connectivity index (χ3v) is 5.70. The molecule has 1 aromatic carbocycles. The van der Waals surface area contributed by atoms with Gasteiger partial charge in [0.1, 0.15) is 5.69 Å². The smallest absolute Gasteiger partial charge is 0.277 e. The Balaban J connectivity index is 1.66. The molecule has 9 nitrogen and oxygen atoms in total. The largest absolute Gasteiger partial charge is 0.481 e. The number of carbonyl (C=O) groups is 1. The highest BCUT2D eigenvalue weighted by molar-refractivity contribution is 6.11. The van der Waals surface area contributed by atoms with Crippen molar-refractivity contribution in [2.45, 2.75) is 39.2 Å². The van der Waals surface area contributed by atoms with E-state index in [-0.39, 0.29) is 11.3 Å². The molecule has 3 aromatic heterocycles. The number of amides is 1. The number of H-pyrrole nitrogens is 1. The lowest BCUT2D eigenvalue weighted by Crippen LogP contribution is -2.30. The average molecular weight is 444 g/mol. The molecule has 0 fully saturated rings. The van der Waals surface area contributed by atoms with Crippen LogP contribution in [-0.4, -0.2) is 38.3 Å². The highest BCUT2D eigenvalue weighted by Gasteiger charge is 2.45. The fourth-order valence-electron chi connectivity index (χ4n) is 4.25. The number of rotatable bonds is 4. The standard InChI is InChI=1S/C24H24N6O3/c1-13-26-21(29-33-13)14-8-10-15(11-9-14)30-19(16-7-6-12-25-22(16)32-5)17-18(23(30)31)27-28-20(17)24(2,3)4/h6-12,19H,1-5H3,(H,27,28). The minimum Gasteiger partial charge on any atom is -0.481 e. The molecule has 1 unspecified atom stereocenters. The van der Waals surface area contributed by atoms with Crippen molar-refractivity contribution < 1.29 is 14.1 Å². The van der Waals surface area contributed by atoms with Crippen LogP contribution in [0.25, 0.3) is 11.4 Å². The van der Waals surface area contributed by atoms with E-state index in [4.69, 9.17) is 9.26 Å². The number of aromatic nitrogens is 5. The van der Waals surface area contributed by atoms with Crippen LogP contribution in [0.2, 0.25) is 0 Å². The number of fused-ring (bicyclic) bond motifs is 1. The molecule has 0 aliphatic carbocycles. The summed E-state index contributed by atoms with van der Waals surface area (Å²) >= 11 is 0. The molecule has 1 aliphatic heterocycles. The van der Waals surface area contributed by atoms with Crippen LogP contribution in [-0.2, 0) is 5.41 Å². The summed E-state index contributed by atoms with van der Waals surface area (Å²) in [6.45, 7) is 7.98. The van der Waals surface area contributed by atoms with Gasteiger partial charge < -0.3 is 9.26 Å². The zero-order valence-corrected chi connectivity index (χ0v) is 19.1. The third-order valence-electron chi connectivity index (χ3n) is 5.70. The van der Waals surface area contributed by atoms with Crippen LogP contribution in [0.4, 0.5) is 5.69 Å². The summed E-state index contributed by atoms with van der Waals surface area (Å²) in [7, 11) is 1.58. The normalized spacial score (nSPS) is 15.7. The Morgan fingerprint density at radius 3 is 2.55 bits per heavy atom. The lowest BCUT2D eigenvalue weighted by Gasteiger charge is -2.28. The number of nitrogens with one attached hydrogen (secondary N) is 1. The first kappa shape index (κ1) is 20.9. The van der Waals surface area contributed by atoms with Crippen molar-refractivity contribution in [3.8, 4) is 17.3 Å². The molecule has 1 atom stereocenters. The summed E-state index contributed by atoms with van der Waals surface area (Å²) < 4.78 is 10.7. The van der Waals surface area contributed by atoms with Gasteiger partial charge in [-0.2, -0.15) is 10.1 Å². The molecular weight excluding hydrogens is 420 g/mol. The van der Waals surface area contributed by atoms with Crippen molar-refractivity contribution in [3.63, 3.8) is 0 Å². The van der Waals surface area contributed by atoms with Crippen LogP contribution < -0.4 is 9.64 Å². The first-order chi connectivity index (χ1) is 15.8. The number of hydrogen-bond acceptors (Lipinski definition) is 7. The molecule has 5 rings (SSSR count). The maximum Gasteiger partial charge on any atom is 0.277 e. The van der Waals surface area contributed by atoms with Crippen LogP contribution in [0, 0.1) is 6.92 Å². The summed E-state index contributed by atoms with van der Waals surface area (Å²) in [4.78, 5) is 24.0. The number of benzene rings is 1. The number of pyridine rings is 1. The molecule has 0 saturated heterocycles. The number of hydrogen-bond donors (Lipinski definition) is 1. The molecule has 0 spiro atoms. The van der Waals surface area contributed by atoms with Crippen molar-refractivity contribution in [1.29, 1.82) is 0 Å². The Labute approximate surface area is 190 Å². The summed E-state index contributed by atoms with van der Waals surface area (Å²) in [5.74, 6) is 1.30. The van der Waals surface area contributed by atoms with E-state index in [0.29, 0.717) is 23.3 Å². The maximum absolute atomic E-state index is 13.6. The number of ether oxygens (including phenoxy) is 1. The van der Waals surface area contributed by atoms with Gasteiger partial charge in [-0.1, -0.05) is 25.9 Å². The van der Waals surface area contributed by atoms with E-state index in [1.54, 1.807) is 25.1 Å². The molecule has 4 heterocycles. The van der Waals surface area contributed by atoms with Crippen LogP contribution >= 0.6 is 0 Å². The van der Waals surface area contributed by atoms with Crippen molar-refractivity contribution in [2.24, 2.45) is 0 Å². The minimum atomic E-state index is -0.442. The fourth-order valence-corrected chi connectivity index (χ4v) is 4.25. The summed E-state index contributed by atoms with van der Waals surface area (Å²) in [5.41, 5.74) is 4.21. The lowest BCUT2D eigenvalue weighted by molar-refractivity contribution is 0.0988. The van der Waals surface area contributed by atoms with Crippen molar-refractivity contribution >= 4 is 11.6 Å². The molecule has 1 aliphatic rings. The van der Waals surface area contributed by atoms with Crippen LogP contribution in [0.15, 0.2) is 47.1 Å². The Kier molecular flexibility index (Phi) is 4.77. The molecule has 0 bridgehead atoms. The summed E-state index contributed by atoms with van der Waals surface area (Å²) in [5, 5.41) is 11.5. The third kappa shape index (κ3) is 3.36. The van der Waals surface area contributed by atoms with Crippen molar-refractivity contribution in [3.05, 3.63) is 71.0 Å². The first-order valence-corrected chi connectivity index (χ1v) is 10.6. The number of methoxy groups -OCH3 is 1. The summed E-state index contributed by atoms with van der Waals surface area (Å²) in [6.07, 6.45) is 1.67. The summed E-state index contributed by atoms with van der Waals surface area (Å²) in [6, 6.07) is 10.8. The van der Waals surface area contributed by atoms with Crippen LogP contribution in [0.3, 0.4) is 0 Å². The van der Waals surface area contributed by atoms with Gasteiger partial charge in [-0.05, 0) is 36.4 Å². The monoisotopic (exact) mass is 444 g/mol. The second-order valence-corrected chi connectivity index (χ2v) is 8.97. The first-order valence-electron chi connectivity index (χ1n) is 10.6. The number of aromatic amines is 1. The number of aryl methyl sites for hydroxylation is 1. The molecule has 0 saturated carbocycles. The van der Waals surface area contributed by atoms with Gasteiger partial charge in [0, 0.05) is 40.9 Å². The predicted octanol–water partition coefficient (Wildman–Crippen LogP) is 4.22. The van der Waals surface area contributed by atoms with Gasteiger partial charge in [0.15, 0.2) is 0 Å². The van der Waals surface area contributed by atoms with Gasteiger partial charge in [-0.25, -0.2) is 4.98 Å². The van der Waals surface area contributed by atoms with E-state index in [0.717, 1.165) is 28.1 Å². The molecule has 33 heavy (non-hydrogen) atoms. The Bertz CT molecular complexity index is 1330. The molecule has 1 amide bonds. The van der Waals surface area contributed by atoms with Crippen molar-refractivity contribution in [1.82, 2.24) is 25.3 Å². The van der Waals surface area contributed by atoms with Gasteiger partial charge in [0.05, 0.1) is 18.8 Å². The van der Waals surface area contributed by atoms with Gasteiger partial charge in [-0.3, -0.25) is 14.8 Å². The number of carbonyl (C=O) groups excluding carboxylic acids is 1.